The molecule has 0 bridgehead atoms. The van der Waals surface area contributed by atoms with Crippen molar-refractivity contribution in [2.75, 3.05) is 6.61 Å². The minimum Gasteiger partial charge on any atom is -0.276 e. The van der Waals surface area contributed by atoms with Crippen molar-refractivity contribution >= 4 is 11.8 Å². The lowest BCUT2D eigenvalue weighted by Crippen LogP contribution is -2.47. The summed E-state index contributed by atoms with van der Waals surface area (Å²) in [6.45, 7) is 0.292. The van der Waals surface area contributed by atoms with Crippen molar-refractivity contribution in [2.24, 2.45) is 0 Å². The van der Waals surface area contributed by atoms with Crippen LogP contribution in [0, 0.1) is 5.82 Å². The molecule has 2 aliphatic rings. The second-order valence-electron chi connectivity index (χ2n) is 3.94. The molecule has 3 rings (SSSR count). The second-order valence-corrected chi connectivity index (χ2v) is 3.94. The van der Waals surface area contributed by atoms with Crippen molar-refractivity contribution in [1.29, 1.82) is 0 Å². The van der Waals surface area contributed by atoms with Gasteiger partial charge in [-0.15, -0.1) is 0 Å². The molecule has 1 atom stereocenters. The predicted molar refractivity (Wildman–Crippen MR) is 55.5 cm³/mol. The molecule has 2 aliphatic heterocycles. The molecule has 2 heterocycles. The molecule has 1 aromatic carbocycles. The van der Waals surface area contributed by atoms with Gasteiger partial charge in [0.05, 0.1) is 17.7 Å². The summed E-state index contributed by atoms with van der Waals surface area (Å²) in [4.78, 5) is 34.7. The number of hydrogen-bond donors (Lipinski definition) is 1. The van der Waals surface area contributed by atoms with Crippen LogP contribution in [0.4, 0.5) is 4.39 Å². The molecule has 0 saturated carbocycles. The first-order valence-electron chi connectivity index (χ1n) is 5.39. The normalized spacial score (nSPS) is 23.4. The summed E-state index contributed by atoms with van der Waals surface area (Å²) in [6.07, 6.45) is -0.453. The van der Waals surface area contributed by atoms with Crippen LogP contribution in [0.3, 0.4) is 0 Å². The highest BCUT2D eigenvalue weighted by Crippen LogP contribution is 2.28. The Morgan fingerprint density at radius 2 is 2.17 bits per heavy atom. The number of carbonyl (C=O) groups excluding carboxylic acids is 2. The molecule has 7 heteroatoms. The average molecular weight is 252 g/mol. The number of nitrogens with zero attached hydrogens (tertiary/aromatic N) is 1. The standard InChI is InChI=1S/C11H9FN2O4/c12-7-3-1-2-6-9(7)11(16)14(10(6)15)8-4-5-17-13-18-8/h1-3,8,13H,4-5H2. The van der Waals surface area contributed by atoms with Crippen molar-refractivity contribution in [3.63, 3.8) is 0 Å². The monoisotopic (exact) mass is 252 g/mol. The Labute approximate surface area is 101 Å². The minimum absolute atomic E-state index is 0.0649. The van der Waals surface area contributed by atoms with E-state index in [1.807, 2.05) is 0 Å². The largest absolute Gasteiger partial charge is 0.276 e. The summed E-state index contributed by atoms with van der Waals surface area (Å²) in [7, 11) is 0. The third-order valence-electron chi connectivity index (χ3n) is 2.89. The Hall–Kier alpha value is -1.83. The number of hydrogen-bond acceptors (Lipinski definition) is 5. The van der Waals surface area contributed by atoms with Crippen molar-refractivity contribution in [1.82, 2.24) is 10.5 Å². The predicted octanol–water partition coefficient (Wildman–Crippen LogP) is 0.604. The molecule has 0 aliphatic carbocycles. The molecular formula is C11H9FN2O4. The highest BCUT2D eigenvalue weighted by atomic mass is 19.1. The van der Waals surface area contributed by atoms with Crippen molar-refractivity contribution in [2.45, 2.75) is 12.6 Å². The molecule has 1 N–H and O–H groups in total. The zero-order chi connectivity index (χ0) is 12.7. The maximum absolute atomic E-state index is 13.6. The van der Waals surface area contributed by atoms with Crippen LogP contribution >= 0.6 is 0 Å². The Balaban J connectivity index is 1.99. The van der Waals surface area contributed by atoms with E-state index in [1.165, 1.54) is 12.1 Å². The second kappa shape index (κ2) is 4.13. The number of fused-ring (bicyclic) bond motifs is 1. The Kier molecular flexibility index (Phi) is 2.58. The highest BCUT2D eigenvalue weighted by Gasteiger charge is 2.43. The average Bonchev–Trinajstić information content (AvgIpc) is 2.64. The fourth-order valence-corrected chi connectivity index (χ4v) is 2.06. The summed E-state index contributed by atoms with van der Waals surface area (Å²) in [5, 5.41) is 0. The van der Waals surface area contributed by atoms with E-state index in [9.17, 15) is 14.0 Å². The van der Waals surface area contributed by atoms with E-state index >= 15 is 0 Å². The van der Waals surface area contributed by atoms with Crippen LogP contribution in [0.1, 0.15) is 27.1 Å². The maximum atomic E-state index is 13.6. The Bertz CT molecular complexity index is 528. The minimum atomic E-state index is -0.787. The van der Waals surface area contributed by atoms with Gasteiger partial charge >= 0.3 is 0 Å². The SMILES string of the molecule is O=C1c2cccc(F)c2C(=O)N1C1CCONO1. The molecule has 2 amide bonds. The van der Waals surface area contributed by atoms with E-state index in [1.54, 1.807) is 0 Å². The van der Waals surface area contributed by atoms with Crippen molar-refractivity contribution < 1.29 is 23.7 Å². The van der Waals surface area contributed by atoms with Gasteiger partial charge in [0, 0.05) is 6.42 Å². The van der Waals surface area contributed by atoms with Crippen molar-refractivity contribution in [3.8, 4) is 0 Å². The molecule has 18 heavy (non-hydrogen) atoms. The third kappa shape index (κ3) is 1.52. The zero-order valence-corrected chi connectivity index (χ0v) is 9.18. The molecule has 1 aromatic rings. The fourth-order valence-electron chi connectivity index (χ4n) is 2.06. The first-order valence-corrected chi connectivity index (χ1v) is 5.39. The quantitative estimate of drug-likeness (QED) is 0.741. The van der Waals surface area contributed by atoms with E-state index in [2.05, 4.69) is 5.64 Å². The van der Waals surface area contributed by atoms with Gasteiger partial charge in [0.1, 0.15) is 5.82 Å². The molecule has 0 spiro atoms. The summed E-state index contributed by atoms with van der Waals surface area (Å²) in [6, 6.07) is 3.97. The molecule has 0 aromatic heterocycles. The van der Waals surface area contributed by atoms with E-state index in [4.69, 9.17) is 9.68 Å². The van der Waals surface area contributed by atoms with E-state index < -0.39 is 23.9 Å². The Morgan fingerprint density at radius 1 is 1.33 bits per heavy atom. The lowest BCUT2D eigenvalue weighted by Gasteiger charge is -2.28. The van der Waals surface area contributed by atoms with Gasteiger partial charge in [-0.1, -0.05) is 11.7 Å². The summed E-state index contributed by atoms with van der Waals surface area (Å²) in [5.74, 6) is -1.93. The molecule has 94 valence electrons. The van der Waals surface area contributed by atoms with Gasteiger partial charge in [0.2, 0.25) is 0 Å². The van der Waals surface area contributed by atoms with Crippen LogP contribution in [0.15, 0.2) is 18.2 Å². The number of nitrogens with one attached hydrogen (secondary N) is 1. The smallest absolute Gasteiger partial charge is 0.266 e. The Morgan fingerprint density at radius 3 is 2.83 bits per heavy atom. The number of benzene rings is 1. The number of carbonyl (C=O) groups is 2. The lowest BCUT2D eigenvalue weighted by atomic mass is 10.1. The van der Waals surface area contributed by atoms with Crippen LogP contribution in [0.5, 0.6) is 0 Å². The van der Waals surface area contributed by atoms with E-state index in [0.29, 0.717) is 13.0 Å². The first-order chi connectivity index (χ1) is 8.70. The summed E-state index contributed by atoms with van der Waals surface area (Å²) < 4.78 is 13.6. The van der Waals surface area contributed by atoms with Gasteiger partial charge in [-0.05, 0) is 12.1 Å². The van der Waals surface area contributed by atoms with Gasteiger partial charge in [-0.2, -0.15) is 0 Å². The van der Waals surface area contributed by atoms with Gasteiger partial charge < -0.3 is 0 Å². The number of imide groups is 1. The molecule has 1 unspecified atom stereocenters. The molecule has 1 saturated heterocycles. The van der Waals surface area contributed by atoms with Crippen LogP contribution < -0.4 is 5.64 Å². The number of halogens is 1. The van der Waals surface area contributed by atoms with Crippen LogP contribution in [0.25, 0.3) is 0 Å². The van der Waals surface area contributed by atoms with Crippen LogP contribution in [0.2, 0.25) is 0 Å². The van der Waals surface area contributed by atoms with Crippen LogP contribution in [-0.2, 0) is 9.68 Å². The lowest BCUT2D eigenvalue weighted by molar-refractivity contribution is -0.259. The summed E-state index contributed by atoms with van der Waals surface area (Å²) in [5.41, 5.74) is 2.02. The molecule has 6 nitrogen and oxygen atoms in total. The number of amides is 2. The molecular weight excluding hydrogens is 243 g/mol. The topological polar surface area (TPSA) is 67.9 Å². The van der Waals surface area contributed by atoms with Gasteiger partial charge in [-0.25, -0.2) is 9.29 Å². The molecule has 0 radical (unpaired) electrons. The first kappa shape index (κ1) is 11.3. The van der Waals surface area contributed by atoms with Crippen LogP contribution in [-0.4, -0.2) is 29.5 Å². The third-order valence-corrected chi connectivity index (χ3v) is 2.89. The molecule has 1 fully saturated rings. The van der Waals surface area contributed by atoms with E-state index in [0.717, 1.165) is 11.0 Å². The van der Waals surface area contributed by atoms with Gasteiger partial charge in [-0.3, -0.25) is 19.3 Å². The maximum Gasteiger partial charge on any atom is 0.266 e. The van der Waals surface area contributed by atoms with Gasteiger partial charge in [0.25, 0.3) is 11.8 Å². The van der Waals surface area contributed by atoms with Crippen molar-refractivity contribution in [3.05, 3.63) is 35.1 Å². The fraction of sp³-hybridized carbons (Fsp3) is 0.273. The van der Waals surface area contributed by atoms with Gasteiger partial charge in [0.15, 0.2) is 6.23 Å². The summed E-state index contributed by atoms with van der Waals surface area (Å²) >= 11 is 0. The zero-order valence-electron chi connectivity index (χ0n) is 9.18. The van der Waals surface area contributed by atoms with E-state index in [-0.39, 0.29) is 11.1 Å². The number of rotatable bonds is 1. The highest BCUT2D eigenvalue weighted by molar-refractivity contribution is 6.21.